The van der Waals surface area contributed by atoms with E-state index < -0.39 is 0 Å². The first kappa shape index (κ1) is 11.0. The van der Waals surface area contributed by atoms with Crippen LogP contribution in [0.3, 0.4) is 0 Å². The van der Waals surface area contributed by atoms with Gasteiger partial charge in [-0.3, -0.25) is 4.79 Å². The first-order chi connectivity index (χ1) is 7.83. The van der Waals surface area contributed by atoms with Crippen LogP contribution in [0.2, 0.25) is 0 Å². The maximum atomic E-state index is 11.8. The number of aliphatic hydroxyl groups is 1. The molecule has 1 aromatic rings. The molecule has 2 N–H and O–H groups in total. The van der Waals surface area contributed by atoms with Crippen LogP contribution < -0.4 is 10.1 Å². The summed E-state index contributed by atoms with van der Waals surface area (Å²) in [6.45, 7) is 1.01. The van der Waals surface area contributed by atoms with E-state index in [2.05, 4.69) is 5.32 Å². The number of para-hydroxylation sites is 1. The normalized spacial score (nSPS) is 17.7. The number of aliphatic hydroxyl groups excluding tert-OH is 1. The molecule has 2 rings (SSSR count). The Bertz CT molecular complexity index is 378. The van der Waals surface area contributed by atoms with Crippen LogP contribution in [0, 0.1) is 0 Å². The smallest absolute Gasteiger partial charge is 0.231 e. The Morgan fingerprint density at radius 1 is 1.50 bits per heavy atom. The third-order valence-electron chi connectivity index (χ3n) is 2.65. The molecule has 1 amide bonds. The number of ether oxygens (including phenoxy) is 1. The van der Waals surface area contributed by atoms with Crippen LogP contribution in [-0.4, -0.2) is 30.8 Å². The van der Waals surface area contributed by atoms with Crippen molar-refractivity contribution in [1.82, 2.24) is 5.32 Å². The van der Waals surface area contributed by atoms with Gasteiger partial charge in [0, 0.05) is 18.7 Å². The van der Waals surface area contributed by atoms with E-state index in [1.54, 1.807) is 0 Å². The van der Waals surface area contributed by atoms with E-state index in [0.717, 1.165) is 11.3 Å². The summed E-state index contributed by atoms with van der Waals surface area (Å²) in [4.78, 5) is 11.8. The monoisotopic (exact) mass is 221 g/mol. The highest BCUT2D eigenvalue weighted by atomic mass is 16.5. The third kappa shape index (κ3) is 2.17. The Hall–Kier alpha value is -1.55. The molecular weight excluding hydrogens is 206 g/mol. The van der Waals surface area contributed by atoms with Gasteiger partial charge < -0.3 is 15.2 Å². The zero-order valence-corrected chi connectivity index (χ0v) is 8.98. The summed E-state index contributed by atoms with van der Waals surface area (Å²) in [7, 11) is 0. The highest BCUT2D eigenvalue weighted by Gasteiger charge is 2.29. The minimum atomic E-state index is -0.213. The van der Waals surface area contributed by atoms with Crippen LogP contribution in [0.5, 0.6) is 5.75 Å². The number of rotatable bonds is 4. The predicted molar refractivity (Wildman–Crippen MR) is 59.4 cm³/mol. The van der Waals surface area contributed by atoms with Gasteiger partial charge in [0.05, 0.1) is 0 Å². The van der Waals surface area contributed by atoms with Crippen molar-refractivity contribution < 1.29 is 14.6 Å². The highest BCUT2D eigenvalue weighted by molar-refractivity contribution is 5.85. The van der Waals surface area contributed by atoms with E-state index >= 15 is 0 Å². The van der Waals surface area contributed by atoms with Gasteiger partial charge in [-0.15, -0.1) is 0 Å². The number of hydrogen-bond donors (Lipinski definition) is 2. The van der Waals surface area contributed by atoms with Crippen molar-refractivity contribution in [3.8, 4) is 5.75 Å². The molecule has 16 heavy (non-hydrogen) atoms. The van der Waals surface area contributed by atoms with Gasteiger partial charge in [-0.2, -0.15) is 0 Å². The summed E-state index contributed by atoms with van der Waals surface area (Å²) in [6, 6.07) is 7.58. The number of hydrogen-bond acceptors (Lipinski definition) is 3. The molecule has 0 radical (unpaired) electrons. The molecule has 1 atom stereocenters. The molecule has 1 unspecified atom stereocenters. The standard InChI is InChI=1S/C12H15NO3/c14-7-3-6-13-12(15)10-8-16-11-5-2-1-4-9(10)11/h1-2,4-5,10,14H,3,6-8H2,(H,13,15). The molecule has 86 valence electrons. The summed E-state index contributed by atoms with van der Waals surface area (Å²) >= 11 is 0. The summed E-state index contributed by atoms with van der Waals surface area (Å²) in [5.74, 6) is 0.554. The van der Waals surface area contributed by atoms with E-state index in [1.807, 2.05) is 24.3 Å². The fourth-order valence-corrected chi connectivity index (χ4v) is 1.79. The number of benzene rings is 1. The second-order valence-corrected chi connectivity index (χ2v) is 3.77. The maximum absolute atomic E-state index is 11.8. The van der Waals surface area contributed by atoms with Crippen molar-refractivity contribution in [3.63, 3.8) is 0 Å². The van der Waals surface area contributed by atoms with E-state index in [1.165, 1.54) is 0 Å². The van der Waals surface area contributed by atoms with E-state index in [-0.39, 0.29) is 18.4 Å². The van der Waals surface area contributed by atoms with E-state index in [4.69, 9.17) is 9.84 Å². The number of fused-ring (bicyclic) bond motifs is 1. The van der Waals surface area contributed by atoms with Crippen LogP contribution in [0.4, 0.5) is 0 Å². The van der Waals surface area contributed by atoms with Crippen LogP contribution >= 0.6 is 0 Å². The number of amides is 1. The van der Waals surface area contributed by atoms with Gasteiger partial charge in [0.1, 0.15) is 18.3 Å². The Labute approximate surface area is 94.2 Å². The Morgan fingerprint density at radius 3 is 3.12 bits per heavy atom. The molecule has 0 saturated heterocycles. The molecule has 1 aliphatic rings. The van der Waals surface area contributed by atoms with Crippen LogP contribution in [0.1, 0.15) is 17.9 Å². The van der Waals surface area contributed by atoms with Crippen molar-refractivity contribution in [1.29, 1.82) is 0 Å². The van der Waals surface area contributed by atoms with E-state index in [0.29, 0.717) is 19.6 Å². The molecule has 0 spiro atoms. The number of carbonyl (C=O) groups excluding carboxylic acids is 1. The van der Waals surface area contributed by atoms with Crippen LogP contribution in [-0.2, 0) is 4.79 Å². The lowest BCUT2D eigenvalue weighted by atomic mass is 10.0. The van der Waals surface area contributed by atoms with Crippen LogP contribution in [0.15, 0.2) is 24.3 Å². The Morgan fingerprint density at radius 2 is 2.31 bits per heavy atom. The van der Waals surface area contributed by atoms with Crippen molar-refractivity contribution in [2.45, 2.75) is 12.3 Å². The van der Waals surface area contributed by atoms with Crippen molar-refractivity contribution in [2.24, 2.45) is 0 Å². The molecule has 4 nitrogen and oxygen atoms in total. The predicted octanol–water partition coefficient (Wildman–Crippen LogP) is 0.661. The quantitative estimate of drug-likeness (QED) is 0.734. The van der Waals surface area contributed by atoms with Gasteiger partial charge in [-0.25, -0.2) is 0 Å². The summed E-state index contributed by atoms with van der Waals surface area (Å²) in [6.07, 6.45) is 0.584. The van der Waals surface area contributed by atoms with Gasteiger partial charge in [-0.1, -0.05) is 18.2 Å². The molecule has 0 aromatic heterocycles. The highest BCUT2D eigenvalue weighted by Crippen LogP contribution is 2.33. The third-order valence-corrected chi connectivity index (χ3v) is 2.65. The molecule has 0 aliphatic carbocycles. The maximum Gasteiger partial charge on any atom is 0.231 e. The first-order valence-corrected chi connectivity index (χ1v) is 5.43. The molecule has 1 aliphatic heterocycles. The SMILES string of the molecule is O=C(NCCCO)C1COc2ccccc21. The molecule has 0 bridgehead atoms. The van der Waals surface area contributed by atoms with Crippen molar-refractivity contribution >= 4 is 5.91 Å². The Balaban J connectivity index is 1.99. The fourth-order valence-electron chi connectivity index (χ4n) is 1.79. The first-order valence-electron chi connectivity index (χ1n) is 5.43. The van der Waals surface area contributed by atoms with Gasteiger partial charge in [0.15, 0.2) is 0 Å². The molecule has 4 heteroatoms. The number of carbonyl (C=O) groups is 1. The zero-order valence-electron chi connectivity index (χ0n) is 8.98. The van der Waals surface area contributed by atoms with Crippen LogP contribution in [0.25, 0.3) is 0 Å². The fraction of sp³-hybridized carbons (Fsp3) is 0.417. The minimum absolute atomic E-state index is 0.0293. The average Bonchev–Trinajstić information content (AvgIpc) is 2.73. The van der Waals surface area contributed by atoms with E-state index in [9.17, 15) is 4.79 Å². The summed E-state index contributed by atoms with van der Waals surface area (Å²) < 4.78 is 5.43. The Kier molecular flexibility index (Phi) is 3.41. The molecular formula is C12H15NO3. The second kappa shape index (κ2) is 4.99. The largest absolute Gasteiger partial charge is 0.492 e. The minimum Gasteiger partial charge on any atom is -0.492 e. The van der Waals surface area contributed by atoms with Gasteiger partial charge in [0.25, 0.3) is 0 Å². The lowest BCUT2D eigenvalue weighted by Crippen LogP contribution is -2.31. The van der Waals surface area contributed by atoms with Gasteiger partial charge >= 0.3 is 0 Å². The lowest BCUT2D eigenvalue weighted by Gasteiger charge is -2.09. The van der Waals surface area contributed by atoms with Gasteiger partial charge in [-0.05, 0) is 12.5 Å². The molecule has 1 heterocycles. The van der Waals surface area contributed by atoms with Gasteiger partial charge in [0.2, 0.25) is 5.91 Å². The van der Waals surface area contributed by atoms with Crippen molar-refractivity contribution in [3.05, 3.63) is 29.8 Å². The molecule has 1 aromatic carbocycles. The second-order valence-electron chi connectivity index (χ2n) is 3.77. The zero-order chi connectivity index (χ0) is 11.4. The number of nitrogens with one attached hydrogen (secondary N) is 1. The van der Waals surface area contributed by atoms with Crippen molar-refractivity contribution in [2.75, 3.05) is 19.8 Å². The topological polar surface area (TPSA) is 58.6 Å². The molecule has 0 fully saturated rings. The average molecular weight is 221 g/mol. The summed E-state index contributed by atoms with van der Waals surface area (Å²) in [5, 5.41) is 11.4. The summed E-state index contributed by atoms with van der Waals surface area (Å²) in [5.41, 5.74) is 0.948. The molecule has 0 saturated carbocycles. The lowest BCUT2D eigenvalue weighted by molar-refractivity contribution is -0.122.